The van der Waals surface area contributed by atoms with Crippen molar-refractivity contribution in [2.75, 3.05) is 13.1 Å². The van der Waals surface area contributed by atoms with E-state index in [0.717, 1.165) is 25.9 Å². The van der Waals surface area contributed by atoms with Crippen LogP contribution in [0.15, 0.2) is 28.2 Å². The monoisotopic (exact) mass is 360 g/mol. The van der Waals surface area contributed by atoms with Crippen LogP contribution < -0.4 is 16.5 Å². The van der Waals surface area contributed by atoms with E-state index in [1.165, 1.54) is 32.1 Å². The molecule has 2 aliphatic heterocycles. The van der Waals surface area contributed by atoms with E-state index in [1.54, 1.807) is 13.0 Å². The minimum Gasteiger partial charge on any atom is -0.402 e. The first-order valence-electron chi connectivity index (χ1n) is 9.79. The van der Waals surface area contributed by atoms with Crippen LogP contribution in [0.5, 0.6) is 0 Å². The van der Waals surface area contributed by atoms with Crippen molar-refractivity contribution < 1.29 is 4.84 Å². The molecule has 0 radical (unpaired) electrons. The number of nitrogens with one attached hydrogen (secondary N) is 3. The minimum absolute atomic E-state index is 0.454. The molecule has 3 aliphatic rings. The Balaban J connectivity index is 1.60. The molecule has 0 atom stereocenters. The Labute approximate surface area is 156 Å². The first kappa shape index (κ1) is 18.8. The van der Waals surface area contributed by atoms with Crippen molar-refractivity contribution >= 4 is 11.7 Å². The minimum atomic E-state index is 0.454. The van der Waals surface area contributed by atoms with Crippen LogP contribution in [-0.4, -0.2) is 41.8 Å². The van der Waals surface area contributed by atoms with Crippen LogP contribution in [-0.2, 0) is 4.84 Å². The summed E-state index contributed by atoms with van der Waals surface area (Å²) >= 11 is 0. The summed E-state index contributed by atoms with van der Waals surface area (Å²) in [5.74, 6) is 1.55. The highest BCUT2D eigenvalue weighted by Gasteiger charge is 2.26. The quantitative estimate of drug-likeness (QED) is 0.456. The predicted molar refractivity (Wildman–Crippen MR) is 105 cm³/mol. The number of hydrogen-bond acceptors (Lipinski definition) is 6. The van der Waals surface area contributed by atoms with Gasteiger partial charge in [-0.15, -0.1) is 0 Å². The lowest BCUT2D eigenvalue weighted by molar-refractivity contribution is 0.233. The van der Waals surface area contributed by atoms with Crippen molar-refractivity contribution in [3.8, 4) is 0 Å². The lowest BCUT2D eigenvalue weighted by Gasteiger charge is -2.37. The molecule has 0 aromatic heterocycles. The number of nitrogens with two attached hydrogens (primary N) is 1. The van der Waals surface area contributed by atoms with Gasteiger partial charge in [-0.05, 0) is 38.7 Å². The van der Waals surface area contributed by atoms with Crippen LogP contribution in [0.1, 0.15) is 58.8 Å². The molecule has 3 rings (SSSR count). The van der Waals surface area contributed by atoms with Gasteiger partial charge in [-0.25, -0.2) is 5.48 Å². The van der Waals surface area contributed by atoms with Gasteiger partial charge in [0.05, 0.1) is 5.57 Å². The number of hydrogen-bond donors (Lipinski definition) is 4. The van der Waals surface area contributed by atoms with E-state index in [9.17, 15) is 0 Å². The van der Waals surface area contributed by atoms with E-state index in [1.807, 2.05) is 6.92 Å². The van der Waals surface area contributed by atoms with Crippen molar-refractivity contribution in [2.45, 2.75) is 70.9 Å². The molecular weight excluding hydrogens is 328 g/mol. The molecule has 26 heavy (non-hydrogen) atoms. The van der Waals surface area contributed by atoms with Crippen LogP contribution in [0.4, 0.5) is 0 Å². The molecule has 0 bridgehead atoms. The fourth-order valence-electron chi connectivity index (χ4n) is 3.96. The van der Waals surface area contributed by atoms with E-state index in [-0.39, 0.29) is 0 Å². The lowest BCUT2D eigenvalue weighted by Crippen LogP contribution is -2.48. The Morgan fingerprint density at radius 2 is 1.88 bits per heavy atom. The Hall–Kier alpha value is -2.02. The fourth-order valence-corrected chi connectivity index (χ4v) is 3.96. The number of rotatable bonds is 4. The fraction of sp³-hybridized carbons (Fsp3) is 0.684. The topological polar surface area (TPSA) is 98.8 Å². The maximum absolute atomic E-state index is 8.67. The van der Waals surface area contributed by atoms with Crippen LogP contribution >= 0.6 is 0 Å². The Morgan fingerprint density at radius 3 is 2.46 bits per heavy atom. The number of amidine groups is 1. The molecule has 0 aromatic carbocycles. The highest BCUT2D eigenvalue weighted by molar-refractivity contribution is 5.99. The summed E-state index contributed by atoms with van der Waals surface area (Å²) in [4.78, 5) is 11.7. The van der Waals surface area contributed by atoms with Crippen LogP contribution in [0, 0.1) is 5.41 Å². The number of hydroxylamine groups is 1. The van der Waals surface area contributed by atoms with Crippen molar-refractivity contribution in [2.24, 2.45) is 10.7 Å². The van der Waals surface area contributed by atoms with Gasteiger partial charge in [0.2, 0.25) is 5.90 Å². The van der Waals surface area contributed by atoms with Crippen molar-refractivity contribution in [3.63, 3.8) is 0 Å². The molecule has 5 N–H and O–H groups in total. The molecule has 1 saturated carbocycles. The molecule has 2 heterocycles. The van der Waals surface area contributed by atoms with Crippen molar-refractivity contribution in [1.82, 2.24) is 15.7 Å². The second-order valence-electron chi connectivity index (χ2n) is 7.60. The van der Waals surface area contributed by atoms with Gasteiger partial charge in [0.1, 0.15) is 5.84 Å². The summed E-state index contributed by atoms with van der Waals surface area (Å²) in [5, 5.41) is 12.5. The molecule has 1 aliphatic carbocycles. The van der Waals surface area contributed by atoms with Crippen molar-refractivity contribution in [1.29, 1.82) is 5.41 Å². The summed E-state index contributed by atoms with van der Waals surface area (Å²) in [5.41, 5.74) is 9.99. The van der Waals surface area contributed by atoms with Gasteiger partial charge in [-0.1, -0.05) is 19.3 Å². The van der Waals surface area contributed by atoms with Gasteiger partial charge < -0.3 is 20.8 Å². The van der Waals surface area contributed by atoms with Crippen LogP contribution in [0.3, 0.4) is 0 Å². The van der Waals surface area contributed by atoms with E-state index >= 15 is 0 Å². The number of nitrogens with zero attached hydrogens (tertiary/aromatic N) is 2. The number of piperidine rings is 1. The molecule has 144 valence electrons. The van der Waals surface area contributed by atoms with Crippen LogP contribution in [0.2, 0.25) is 0 Å². The highest BCUT2D eigenvalue weighted by Crippen LogP contribution is 2.22. The molecule has 0 unspecified atom stereocenters. The summed E-state index contributed by atoms with van der Waals surface area (Å²) < 4.78 is 0. The van der Waals surface area contributed by atoms with E-state index in [2.05, 4.69) is 20.7 Å². The lowest BCUT2D eigenvalue weighted by atomic mass is 9.93. The van der Waals surface area contributed by atoms with Gasteiger partial charge in [0.15, 0.2) is 5.82 Å². The summed E-state index contributed by atoms with van der Waals surface area (Å²) in [6.07, 6.45) is 10.7. The molecular formula is C19H32N6O. The number of aliphatic imine (C=N–C) groups is 1. The average Bonchev–Trinajstić information content (AvgIpc) is 3.07. The van der Waals surface area contributed by atoms with Gasteiger partial charge in [0.25, 0.3) is 0 Å². The third-order valence-corrected chi connectivity index (χ3v) is 5.33. The van der Waals surface area contributed by atoms with Crippen LogP contribution in [0.25, 0.3) is 0 Å². The summed E-state index contributed by atoms with van der Waals surface area (Å²) in [6.45, 7) is 5.35. The molecule has 7 nitrogen and oxygen atoms in total. The maximum atomic E-state index is 8.67. The van der Waals surface area contributed by atoms with Gasteiger partial charge in [-0.2, -0.15) is 4.99 Å². The standard InChI is InChI=1S/C19H32N6O/c1-13(20)12-17(19-22-14(2)26-24-19)18(21)25-10-8-16(9-11-25)23-15-6-4-3-5-7-15/h12,15-16,21,23-24H,3-11,20H2,1-2H3/b13-12-,19-17+,21-18?. The van der Waals surface area contributed by atoms with E-state index < -0.39 is 0 Å². The third-order valence-electron chi connectivity index (χ3n) is 5.33. The predicted octanol–water partition coefficient (Wildman–Crippen LogP) is 2.38. The Bertz CT molecular complexity index is 606. The molecule has 0 amide bonds. The normalized spacial score (nSPS) is 24.8. The SMILES string of the molecule is CC1=N/C(=C(/C=C(/C)N)C(=N)N2CCC(NC3CCCCC3)CC2)NO1. The largest absolute Gasteiger partial charge is 0.402 e. The zero-order valence-corrected chi connectivity index (χ0v) is 16.0. The smallest absolute Gasteiger partial charge is 0.220 e. The highest BCUT2D eigenvalue weighted by atomic mass is 16.7. The Morgan fingerprint density at radius 1 is 1.23 bits per heavy atom. The number of likely N-dealkylation sites (tertiary alicyclic amines) is 1. The second kappa shape index (κ2) is 8.58. The molecule has 0 spiro atoms. The molecule has 1 saturated heterocycles. The number of allylic oxidation sites excluding steroid dienone is 1. The maximum Gasteiger partial charge on any atom is 0.220 e. The molecule has 2 fully saturated rings. The summed E-state index contributed by atoms with van der Waals surface area (Å²) in [7, 11) is 0. The first-order chi connectivity index (χ1) is 12.5. The molecule has 7 heteroatoms. The van der Waals surface area contributed by atoms with E-state index in [0.29, 0.717) is 40.9 Å². The average molecular weight is 361 g/mol. The Kier molecular flexibility index (Phi) is 6.19. The first-order valence-corrected chi connectivity index (χ1v) is 9.79. The van der Waals surface area contributed by atoms with Crippen molar-refractivity contribution in [3.05, 3.63) is 23.2 Å². The third kappa shape index (κ3) is 4.78. The molecule has 0 aromatic rings. The zero-order chi connectivity index (χ0) is 18.5. The van der Waals surface area contributed by atoms with Gasteiger partial charge in [0, 0.05) is 37.8 Å². The van der Waals surface area contributed by atoms with E-state index in [4.69, 9.17) is 16.0 Å². The van der Waals surface area contributed by atoms with Gasteiger partial charge in [-0.3, -0.25) is 5.41 Å². The zero-order valence-electron chi connectivity index (χ0n) is 16.0. The second-order valence-corrected chi connectivity index (χ2v) is 7.60. The summed E-state index contributed by atoms with van der Waals surface area (Å²) in [6, 6.07) is 1.26. The van der Waals surface area contributed by atoms with Gasteiger partial charge >= 0.3 is 0 Å².